The number of hydrogen-bond acceptors (Lipinski definition) is 7. The quantitative estimate of drug-likeness (QED) is 0.0806. The molecule has 0 fully saturated rings. The number of benzene rings is 3. The van der Waals surface area contributed by atoms with Gasteiger partial charge < -0.3 is 23.7 Å². The normalized spacial score (nSPS) is 10.4. The summed E-state index contributed by atoms with van der Waals surface area (Å²) in [5.74, 6) is 1.70. The van der Waals surface area contributed by atoms with Gasteiger partial charge in [0, 0.05) is 12.5 Å². The third kappa shape index (κ3) is 10.9. The molecule has 0 aliphatic heterocycles. The van der Waals surface area contributed by atoms with Crippen molar-refractivity contribution in [2.24, 2.45) is 0 Å². The molecule has 0 aliphatic rings. The first-order chi connectivity index (χ1) is 19.1. The zero-order valence-electron chi connectivity index (χ0n) is 22.4. The average molecular weight is 533 g/mol. The fraction of sp³-hybridized carbons (Fsp3) is 0.312. The Kier molecular flexibility index (Phi) is 12.4. The van der Waals surface area contributed by atoms with Gasteiger partial charge in [-0.1, -0.05) is 44.9 Å². The first-order valence-corrected chi connectivity index (χ1v) is 13.3. The molecule has 0 spiro atoms. The molecule has 7 heteroatoms. The predicted octanol–water partition coefficient (Wildman–Crippen LogP) is 6.94. The molecule has 0 radical (unpaired) electrons. The van der Waals surface area contributed by atoms with Crippen LogP contribution in [0.1, 0.15) is 54.9 Å². The van der Waals surface area contributed by atoms with E-state index in [0.29, 0.717) is 43.3 Å². The minimum atomic E-state index is -0.435. The molecule has 3 aromatic rings. The lowest BCUT2D eigenvalue weighted by Crippen LogP contribution is -2.08. The van der Waals surface area contributed by atoms with Crippen LogP contribution in [0.5, 0.6) is 23.0 Å². The van der Waals surface area contributed by atoms with E-state index in [1.165, 1.54) is 12.8 Å². The highest BCUT2D eigenvalue weighted by molar-refractivity contribution is 5.91. The summed E-state index contributed by atoms with van der Waals surface area (Å²) in [6, 6.07) is 21.5. The van der Waals surface area contributed by atoms with Crippen LogP contribution < -0.4 is 18.9 Å². The number of rotatable bonds is 17. The molecule has 206 valence electrons. The maximum Gasteiger partial charge on any atom is 0.343 e. The van der Waals surface area contributed by atoms with Gasteiger partial charge in [-0.15, -0.1) is 0 Å². The van der Waals surface area contributed by atoms with Crippen LogP contribution in [0.4, 0.5) is 0 Å². The second kappa shape index (κ2) is 16.6. The molecule has 3 aromatic carbocycles. The van der Waals surface area contributed by atoms with Gasteiger partial charge >= 0.3 is 11.9 Å². The highest BCUT2D eigenvalue weighted by Gasteiger charge is 2.09. The van der Waals surface area contributed by atoms with Gasteiger partial charge in [-0.2, -0.15) is 0 Å². The van der Waals surface area contributed by atoms with Crippen molar-refractivity contribution < 1.29 is 33.3 Å². The molecule has 0 amide bonds. The second-order valence-electron chi connectivity index (χ2n) is 8.80. The molecule has 3 rings (SSSR count). The van der Waals surface area contributed by atoms with Crippen LogP contribution in [-0.2, 0) is 16.1 Å². The fourth-order valence-electron chi connectivity index (χ4n) is 3.51. The Labute approximate surface area is 230 Å². The fourth-order valence-corrected chi connectivity index (χ4v) is 3.51. The third-order valence-corrected chi connectivity index (χ3v) is 5.69. The van der Waals surface area contributed by atoms with E-state index < -0.39 is 11.9 Å². The topological polar surface area (TPSA) is 80.3 Å². The number of hydrogen-bond donors (Lipinski definition) is 0. The van der Waals surface area contributed by atoms with E-state index in [1.807, 2.05) is 24.3 Å². The summed E-state index contributed by atoms with van der Waals surface area (Å²) in [4.78, 5) is 23.5. The van der Waals surface area contributed by atoms with Gasteiger partial charge in [-0.3, -0.25) is 0 Å². The molecule has 0 aromatic heterocycles. The van der Waals surface area contributed by atoms with Crippen molar-refractivity contribution in [2.75, 3.05) is 19.8 Å². The number of carbonyl (C=O) groups is 2. The first-order valence-electron chi connectivity index (χ1n) is 13.3. The molecule has 0 aliphatic carbocycles. The van der Waals surface area contributed by atoms with Gasteiger partial charge in [0.15, 0.2) is 0 Å². The van der Waals surface area contributed by atoms with Crippen molar-refractivity contribution in [2.45, 2.75) is 45.6 Å². The zero-order valence-corrected chi connectivity index (χ0v) is 22.4. The van der Waals surface area contributed by atoms with E-state index in [4.69, 9.17) is 23.7 Å². The zero-order chi connectivity index (χ0) is 27.7. The monoisotopic (exact) mass is 532 g/mol. The molecule has 0 saturated heterocycles. The predicted molar refractivity (Wildman–Crippen MR) is 150 cm³/mol. The van der Waals surface area contributed by atoms with Gasteiger partial charge in [0.05, 0.1) is 25.4 Å². The van der Waals surface area contributed by atoms with Crippen LogP contribution >= 0.6 is 0 Å². The largest absolute Gasteiger partial charge is 0.494 e. The first kappa shape index (κ1) is 29.3. The van der Waals surface area contributed by atoms with Gasteiger partial charge in [0.25, 0.3) is 0 Å². The molecule has 0 heterocycles. The van der Waals surface area contributed by atoms with Crippen molar-refractivity contribution >= 4 is 11.9 Å². The van der Waals surface area contributed by atoms with Crippen molar-refractivity contribution in [3.05, 3.63) is 96.6 Å². The smallest absolute Gasteiger partial charge is 0.343 e. The Morgan fingerprint density at radius 2 is 1.23 bits per heavy atom. The van der Waals surface area contributed by atoms with Crippen molar-refractivity contribution in [3.8, 4) is 23.0 Å². The molecule has 0 N–H and O–H groups in total. The second-order valence-corrected chi connectivity index (χ2v) is 8.80. The molecule has 0 bridgehead atoms. The van der Waals surface area contributed by atoms with Gasteiger partial charge in [0.2, 0.25) is 0 Å². The summed E-state index contributed by atoms with van der Waals surface area (Å²) < 4.78 is 27.6. The van der Waals surface area contributed by atoms with E-state index in [2.05, 4.69) is 13.5 Å². The molecule has 0 unspecified atom stereocenters. The Morgan fingerprint density at radius 3 is 1.87 bits per heavy atom. The van der Waals surface area contributed by atoms with Crippen LogP contribution in [0.3, 0.4) is 0 Å². The van der Waals surface area contributed by atoms with Crippen molar-refractivity contribution in [3.63, 3.8) is 0 Å². The molecule has 39 heavy (non-hydrogen) atoms. The summed E-state index contributed by atoms with van der Waals surface area (Å²) in [5.41, 5.74) is 1.43. The Hall–Kier alpha value is -4.26. The summed E-state index contributed by atoms with van der Waals surface area (Å²) in [6.45, 7) is 7.31. The van der Waals surface area contributed by atoms with Crippen LogP contribution in [0.2, 0.25) is 0 Å². The number of unbranched alkanes of at least 4 members (excludes halogenated alkanes) is 3. The van der Waals surface area contributed by atoms with E-state index in [0.717, 1.165) is 36.0 Å². The lowest BCUT2D eigenvalue weighted by Gasteiger charge is -2.10. The van der Waals surface area contributed by atoms with Crippen LogP contribution in [0.25, 0.3) is 0 Å². The maximum absolute atomic E-state index is 12.5. The van der Waals surface area contributed by atoms with Crippen molar-refractivity contribution in [1.29, 1.82) is 0 Å². The van der Waals surface area contributed by atoms with Gasteiger partial charge in [-0.05, 0) is 72.6 Å². The third-order valence-electron chi connectivity index (χ3n) is 5.69. The Balaban J connectivity index is 1.37. The molecule has 7 nitrogen and oxygen atoms in total. The lowest BCUT2D eigenvalue weighted by atomic mass is 10.2. The minimum absolute atomic E-state index is 0.288. The highest BCUT2D eigenvalue weighted by atomic mass is 16.5. The summed E-state index contributed by atoms with van der Waals surface area (Å²) in [7, 11) is 0. The number of carbonyl (C=O) groups excluding carboxylic acids is 2. The SMILES string of the molecule is C=CC(=O)OCCCOc1ccc(COc2ccc(OC(=O)c3ccc(OCCCCCC)cc3)cc2)cc1. The summed E-state index contributed by atoms with van der Waals surface area (Å²) in [5, 5.41) is 0. The maximum atomic E-state index is 12.5. The lowest BCUT2D eigenvalue weighted by molar-refractivity contribution is -0.137. The average Bonchev–Trinajstić information content (AvgIpc) is 2.97. The Morgan fingerprint density at radius 1 is 0.667 bits per heavy atom. The standard InChI is InChI=1S/C32H36O7/c1-3-5-6-7-21-35-28-15-11-26(12-16-28)32(34)39-30-19-17-29(18-20-30)38-24-25-9-13-27(14-10-25)36-22-8-23-37-31(33)4-2/h4,9-20H,2-3,5-8,21-24H2,1H3. The molecule has 0 saturated carbocycles. The molecular weight excluding hydrogens is 496 g/mol. The minimum Gasteiger partial charge on any atom is -0.494 e. The van der Waals surface area contributed by atoms with Crippen LogP contribution in [0, 0.1) is 0 Å². The van der Waals surface area contributed by atoms with E-state index in [-0.39, 0.29) is 6.61 Å². The molecule has 0 atom stereocenters. The Bertz CT molecular complexity index is 1150. The summed E-state index contributed by atoms with van der Waals surface area (Å²) in [6.07, 6.45) is 6.32. The summed E-state index contributed by atoms with van der Waals surface area (Å²) >= 11 is 0. The van der Waals surface area contributed by atoms with Gasteiger partial charge in [0.1, 0.15) is 29.6 Å². The number of ether oxygens (including phenoxy) is 5. The van der Waals surface area contributed by atoms with E-state index in [9.17, 15) is 9.59 Å². The molecular formula is C32H36O7. The number of esters is 2. The highest BCUT2D eigenvalue weighted by Crippen LogP contribution is 2.21. The van der Waals surface area contributed by atoms with Crippen LogP contribution in [0.15, 0.2) is 85.5 Å². The van der Waals surface area contributed by atoms with Gasteiger partial charge in [-0.25, -0.2) is 9.59 Å². The van der Waals surface area contributed by atoms with Crippen molar-refractivity contribution in [1.82, 2.24) is 0 Å². The van der Waals surface area contributed by atoms with E-state index >= 15 is 0 Å². The van der Waals surface area contributed by atoms with Crippen LogP contribution in [-0.4, -0.2) is 31.8 Å². The van der Waals surface area contributed by atoms with E-state index in [1.54, 1.807) is 48.5 Å².